The Hall–Kier alpha value is -0.240. The van der Waals surface area contributed by atoms with Crippen molar-refractivity contribution in [1.82, 2.24) is 5.32 Å². The van der Waals surface area contributed by atoms with Gasteiger partial charge in [-0.15, -0.1) is 0 Å². The van der Waals surface area contributed by atoms with Gasteiger partial charge < -0.3 is 5.32 Å². The van der Waals surface area contributed by atoms with Gasteiger partial charge in [0.2, 0.25) is 0 Å². The van der Waals surface area contributed by atoms with Crippen LogP contribution in [-0.4, -0.2) is 11.9 Å². The van der Waals surface area contributed by atoms with E-state index in [1.54, 1.807) is 0 Å². The van der Waals surface area contributed by atoms with Crippen molar-refractivity contribution in [2.24, 2.45) is 11.8 Å². The molecule has 0 amide bonds. The molecule has 1 rings (SSSR count). The first-order chi connectivity index (χ1) is 5.74. The van der Waals surface area contributed by atoms with Crippen molar-refractivity contribution in [2.75, 3.05) is 11.9 Å². The van der Waals surface area contributed by atoms with Crippen LogP contribution in [0.25, 0.3) is 0 Å². The van der Waals surface area contributed by atoms with Crippen LogP contribution in [0.15, 0.2) is 23.9 Å². The van der Waals surface area contributed by atoms with Crippen LogP contribution >= 0.6 is 15.9 Å². The van der Waals surface area contributed by atoms with Crippen molar-refractivity contribution in [3.63, 3.8) is 0 Å². The smallest absolute Gasteiger partial charge is 0.0241 e. The molecule has 0 aromatic carbocycles. The number of hydrogen-bond acceptors (Lipinski definition) is 1. The van der Waals surface area contributed by atoms with E-state index >= 15 is 0 Å². The SMILES string of the molecule is CC1C=CC(C)C(NCCBr)=C1. The molecule has 0 heterocycles. The summed E-state index contributed by atoms with van der Waals surface area (Å²) in [6, 6.07) is 0. The topological polar surface area (TPSA) is 12.0 Å². The number of rotatable bonds is 3. The molecule has 0 saturated carbocycles. The van der Waals surface area contributed by atoms with Gasteiger partial charge in [-0.25, -0.2) is 0 Å². The van der Waals surface area contributed by atoms with Gasteiger partial charge in [0.25, 0.3) is 0 Å². The quantitative estimate of drug-likeness (QED) is 0.580. The molecule has 0 saturated heterocycles. The first-order valence-electron chi connectivity index (χ1n) is 4.44. The largest absolute Gasteiger partial charge is 0.387 e. The second kappa shape index (κ2) is 4.70. The maximum absolute atomic E-state index is 3.41. The number of alkyl halides is 1. The van der Waals surface area contributed by atoms with E-state index in [1.807, 2.05) is 0 Å². The van der Waals surface area contributed by atoms with Crippen LogP contribution in [0.2, 0.25) is 0 Å². The van der Waals surface area contributed by atoms with Crippen molar-refractivity contribution in [1.29, 1.82) is 0 Å². The Morgan fingerprint density at radius 1 is 1.42 bits per heavy atom. The van der Waals surface area contributed by atoms with Gasteiger partial charge >= 0.3 is 0 Å². The second-order valence-electron chi connectivity index (χ2n) is 3.27. The zero-order chi connectivity index (χ0) is 8.97. The van der Waals surface area contributed by atoms with Crippen molar-refractivity contribution in [2.45, 2.75) is 13.8 Å². The van der Waals surface area contributed by atoms with Gasteiger partial charge in [-0.1, -0.05) is 48.0 Å². The first-order valence-corrected chi connectivity index (χ1v) is 5.56. The molecule has 12 heavy (non-hydrogen) atoms. The minimum absolute atomic E-state index is 0.556. The average Bonchev–Trinajstić information content (AvgIpc) is 2.07. The molecule has 2 heteroatoms. The number of allylic oxidation sites excluding steroid dienone is 3. The highest BCUT2D eigenvalue weighted by Crippen LogP contribution is 2.19. The Labute approximate surface area is 83.1 Å². The van der Waals surface area contributed by atoms with Crippen molar-refractivity contribution in [3.8, 4) is 0 Å². The molecule has 0 aromatic heterocycles. The molecule has 2 unspecified atom stereocenters. The van der Waals surface area contributed by atoms with E-state index in [-0.39, 0.29) is 0 Å². The third kappa shape index (κ3) is 2.67. The summed E-state index contributed by atoms with van der Waals surface area (Å²) in [4.78, 5) is 0. The summed E-state index contributed by atoms with van der Waals surface area (Å²) in [5.74, 6) is 1.14. The van der Waals surface area contributed by atoms with Gasteiger partial charge in [0.05, 0.1) is 0 Å². The van der Waals surface area contributed by atoms with Gasteiger partial charge in [0.1, 0.15) is 0 Å². The molecule has 0 aliphatic heterocycles. The summed E-state index contributed by atoms with van der Waals surface area (Å²) in [5, 5.41) is 4.42. The number of hydrogen-bond donors (Lipinski definition) is 1. The maximum Gasteiger partial charge on any atom is 0.0241 e. The zero-order valence-electron chi connectivity index (χ0n) is 7.68. The summed E-state index contributed by atoms with van der Waals surface area (Å²) in [5.41, 5.74) is 1.37. The summed E-state index contributed by atoms with van der Waals surface area (Å²) >= 11 is 3.40. The second-order valence-corrected chi connectivity index (χ2v) is 4.06. The minimum Gasteiger partial charge on any atom is -0.387 e. The molecule has 0 bridgehead atoms. The molecule has 1 nitrogen and oxygen atoms in total. The van der Waals surface area contributed by atoms with Crippen LogP contribution < -0.4 is 5.32 Å². The van der Waals surface area contributed by atoms with Crippen molar-refractivity contribution in [3.05, 3.63) is 23.9 Å². The van der Waals surface area contributed by atoms with E-state index in [9.17, 15) is 0 Å². The van der Waals surface area contributed by atoms with Gasteiger partial charge in [-0.2, -0.15) is 0 Å². The predicted molar refractivity (Wildman–Crippen MR) is 57.3 cm³/mol. The van der Waals surface area contributed by atoms with E-state index in [0.29, 0.717) is 11.8 Å². The lowest BCUT2D eigenvalue weighted by Gasteiger charge is -2.20. The van der Waals surface area contributed by atoms with Crippen molar-refractivity contribution < 1.29 is 0 Å². The lowest BCUT2D eigenvalue weighted by Crippen LogP contribution is -2.22. The van der Waals surface area contributed by atoms with E-state index in [4.69, 9.17) is 0 Å². The van der Waals surface area contributed by atoms with E-state index < -0.39 is 0 Å². The Kier molecular flexibility index (Phi) is 3.86. The Morgan fingerprint density at radius 2 is 2.17 bits per heavy atom. The van der Waals surface area contributed by atoms with Crippen LogP contribution in [0.5, 0.6) is 0 Å². The molecule has 68 valence electrons. The highest BCUT2D eigenvalue weighted by molar-refractivity contribution is 9.09. The van der Waals surface area contributed by atoms with Crippen LogP contribution in [0.3, 0.4) is 0 Å². The third-order valence-electron chi connectivity index (χ3n) is 2.06. The summed E-state index contributed by atoms with van der Waals surface area (Å²) in [6.07, 6.45) is 6.82. The average molecular weight is 230 g/mol. The van der Waals surface area contributed by atoms with E-state index in [1.165, 1.54) is 5.70 Å². The molecule has 0 spiro atoms. The van der Waals surface area contributed by atoms with Crippen LogP contribution in [0.4, 0.5) is 0 Å². The lowest BCUT2D eigenvalue weighted by molar-refractivity contribution is 0.680. The lowest BCUT2D eigenvalue weighted by atomic mass is 9.95. The molecule has 0 aromatic rings. The van der Waals surface area contributed by atoms with Crippen molar-refractivity contribution >= 4 is 15.9 Å². The molecule has 1 N–H and O–H groups in total. The minimum atomic E-state index is 0.556. The number of nitrogens with one attached hydrogen (secondary N) is 1. The summed E-state index contributed by atoms with van der Waals surface area (Å²) < 4.78 is 0. The Morgan fingerprint density at radius 3 is 2.83 bits per heavy atom. The zero-order valence-corrected chi connectivity index (χ0v) is 9.26. The Bertz CT molecular complexity index is 196. The number of halogens is 1. The molecule has 1 aliphatic carbocycles. The highest BCUT2D eigenvalue weighted by atomic mass is 79.9. The molecule has 2 atom stereocenters. The third-order valence-corrected chi connectivity index (χ3v) is 2.46. The fourth-order valence-corrected chi connectivity index (χ4v) is 1.55. The van der Waals surface area contributed by atoms with Crippen LogP contribution in [0, 0.1) is 11.8 Å². The fourth-order valence-electron chi connectivity index (χ4n) is 1.35. The molecular weight excluding hydrogens is 214 g/mol. The summed E-state index contributed by atoms with van der Waals surface area (Å²) in [6.45, 7) is 5.43. The van der Waals surface area contributed by atoms with E-state index in [2.05, 4.69) is 53.3 Å². The Balaban J connectivity index is 2.49. The maximum atomic E-state index is 3.41. The predicted octanol–water partition coefficient (Wildman–Crippen LogP) is 2.70. The molecule has 0 fully saturated rings. The van der Waals surface area contributed by atoms with Gasteiger partial charge in [0.15, 0.2) is 0 Å². The standard InChI is InChI=1S/C10H16BrN/c1-8-3-4-9(2)10(7-8)12-6-5-11/h3-4,7-9,12H,5-6H2,1-2H3. The normalized spacial score (nSPS) is 28.4. The fraction of sp³-hybridized carbons (Fsp3) is 0.600. The van der Waals surface area contributed by atoms with Gasteiger partial charge in [-0.05, 0) is 5.92 Å². The van der Waals surface area contributed by atoms with Gasteiger partial charge in [0, 0.05) is 23.5 Å². The van der Waals surface area contributed by atoms with Crippen LogP contribution in [-0.2, 0) is 0 Å². The van der Waals surface area contributed by atoms with Gasteiger partial charge in [-0.3, -0.25) is 0 Å². The molecule has 0 radical (unpaired) electrons. The monoisotopic (exact) mass is 229 g/mol. The van der Waals surface area contributed by atoms with Crippen LogP contribution in [0.1, 0.15) is 13.8 Å². The molecule has 1 aliphatic rings. The summed E-state index contributed by atoms with van der Waals surface area (Å²) in [7, 11) is 0. The molecular formula is C10H16BrN. The highest BCUT2D eigenvalue weighted by Gasteiger charge is 2.10. The van der Waals surface area contributed by atoms with E-state index in [0.717, 1.165) is 11.9 Å². The first kappa shape index (κ1) is 9.85.